The van der Waals surface area contributed by atoms with Crippen LogP contribution in [0.3, 0.4) is 0 Å². The number of amides is 1. The third kappa shape index (κ3) is 2.48. The highest BCUT2D eigenvalue weighted by Crippen LogP contribution is 2.18. The van der Waals surface area contributed by atoms with E-state index in [1.165, 1.54) is 30.3 Å². The van der Waals surface area contributed by atoms with Crippen LogP contribution in [0.5, 0.6) is 5.75 Å². The number of phenols is 1. The summed E-state index contributed by atoms with van der Waals surface area (Å²) in [5, 5.41) is 11.6. The Morgan fingerprint density at radius 2 is 1.83 bits per heavy atom. The zero-order valence-electron chi connectivity index (χ0n) is 9.77. The Kier molecular flexibility index (Phi) is 3.28. The molecule has 92 valence electrons. The first-order valence-corrected chi connectivity index (χ1v) is 5.43. The highest BCUT2D eigenvalue weighted by molar-refractivity contribution is 6.04. The van der Waals surface area contributed by atoms with Crippen molar-refractivity contribution in [3.05, 3.63) is 59.4 Å². The summed E-state index contributed by atoms with van der Waals surface area (Å²) in [7, 11) is 0. The molecule has 0 bridgehead atoms. The van der Waals surface area contributed by atoms with Crippen molar-refractivity contribution in [2.24, 2.45) is 0 Å². The second-order valence-electron chi connectivity index (χ2n) is 3.94. The van der Waals surface area contributed by atoms with Crippen LogP contribution in [0.25, 0.3) is 0 Å². The number of rotatable bonds is 2. The summed E-state index contributed by atoms with van der Waals surface area (Å²) in [5.74, 6) is -0.780. The van der Waals surface area contributed by atoms with E-state index in [0.717, 1.165) is 0 Å². The molecule has 0 heterocycles. The molecule has 0 aliphatic rings. The van der Waals surface area contributed by atoms with Crippen LogP contribution in [-0.4, -0.2) is 11.0 Å². The van der Waals surface area contributed by atoms with E-state index in [1.807, 2.05) is 0 Å². The van der Waals surface area contributed by atoms with Crippen LogP contribution in [0.2, 0.25) is 0 Å². The van der Waals surface area contributed by atoms with E-state index in [4.69, 9.17) is 5.11 Å². The van der Waals surface area contributed by atoms with Crippen LogP contribution in [-0.2, 0) is 0 Å². The molecule has 0 saturated carbocycles. The molecule has 2 N–H and O–H groups in total. The number of aromatic hydroxyl groups is 1. The molecular weight excluding hydrogens is 233 g/mol. The number of hydrogen-bond donors (Lipinski definition) is 2. The SMILES string of the molecule is Cc1cccc(NC(=O)c2ccc(O)cc2)c1F. The van der Waals surface area contributed by atoms with Crippen molar-refractivity contribution in [2.75, 3.05) is 5.32 Å². The van der Waals surface area contributed by atoms with Crippen LogP contribution < -0.4 is 5.32 Å². The molecule has 18 heavy (non-hydrogen) atoms. The summed E-state index contributed by atoms with van der Waals surface area (Å²) < 4.78 is 13.7. The van der Waals surface area contributed by atoms with Gasteiger partial charge in [0.25, 0.3) is 5.91 Å². The van der Waals surface area contributed by atoms with Gasteiger partial charge in [0.15, 0.2) is 0 Å². The normalized spacial score (nSPS) is 10.1. The van der Waals surface area contributed by atoms with Crippen molar-refractivity contribution in [3.63, 3.8) is 0 Å². The lowest BCUT2D eigenvalue weighted by Crippen LogP contribution is -2.13. The molecule has 0 aromatic heterocycles. The van der Waals surface area contributed by atoms with Crippen LogP contribution in [0.15, 0.2) is 42.5 Å². The van der Waals surface area contributed by atoms with Gasteiger partial charge >= 0.3 is 0 Å². The summed E-state index contributed by atoms with van der Waals surface area (Å²) in [6.07, 6.45) is 0. The monoisotopic (exact) mass is 245 g/mol. The highest BCUT2D eigenvalue weighted by atomic mass is 19.1. The molecule has 0 aliphatic heterocycles. The Morgan fingerprint density at radius 3 is 2.50 bits per heavy atom. The van der Waals surface area contributed by atoms with Gasteiger partial charge in [-0.1, -0.05) is 12.1 Å². The molecule has 2 rings (SSSR count). The number of aryl methyl sites for hydroxylation is 1. The first kappa shape index (κ1) is 12.1. The van der Waals surface area contributed by atoms with Crippen molar-refractivity contribution in [3.8, 4) is 5.75 Å². The summed E-state index contributed by atoms with van der Waals surface area (Å²) in [6, 6.07) is 10.6. The standard InChI is InChI=1S/C14H12FNO2/c1-9-3-2-4-12(13(9)15)16-14(18)10-5-7-11(17)8-6-10/h2-8,17H,1H3,(H,16,18). The molecule has 2 aromatic rings. The average molecular weight is 245 g/mol. The average Bonchev–Trinajstić information content (AvgIpc) is 2.36. The number of halogens is 1. The second-order valence-corrected chi connectivity index (χ2v) is 3.94. The number of phenolic OH excluding ortho intramolecular Hbond substituents is 1. The number of benzene rings is 2. The largest absolute Gasteiger partial charge is 0.508 e. The van der Waals surface area contributed by atoms with E-state index in [2.05, 4.69) is 5.32 Å². The van der Waals surface area contributed by atoms with Gasteiger partial charge in [0, 0.05) is 5.56 Å². The van der Waals surface area contributed by atoms with E-state index >= 15 is 0 Å². The van der Waals surface area contributed by atoms with Crippen LogP contribution in [0, 0.1) is 12.7 Å². The van der Waals surface area contributed by atoms with Crippen molar-refractivity contribution in [2.45, 2.75) is 6.92 Å². The molecule has 0 unspecified atom stereocenters. The topological polar surface area (TPSA) is 49.3 Å². The lowest BCUT2D eigenvalue weighted by Gasteiger charge is -2.07. The lowest BCUT2D eigenvalue weighted by atomic mass is 10.1. The minimum Gasteiger partial charge on any atom is -0.508 e. The van der Waals surface area contributed by atoms with Crippen LogP contribution in [0.1, 0.15) is 15.9 Å². The maximum atomic E-state index is 13.7. The quantitative estimate of drug-likeness (QED) is 0.854. The number of carbonyl (C=O) groups is 1. The predicted octanol–water partition coefficient (Wildman–Crippen LogP) is 3.09. The summed E-state index contributed by atoms with van der Waals surface area (Å²) in [6.45, 7) is 1.63. The Morgan fingerprint density at radius 1 is 1.17 bits per heavy atom. The molecule has 0 radical (unpaired) electrons. The fourth-order valence-electron chi connectivity index (χ4n) is 1.55. The van der Waals surface area contributed by atoms with E-state index in [0.29, 0.717) is 11.1 Å². The van der Waals surface area contributed by atoms with Crippen LogP contribution in [0.4, 0.5) is 10.1 Å². The van der Waals surface area contributed by atoms with Gasteiger partial charge in [-0.05, 0) is 42.8 Å². The van der Waals surface area contributed by atoms with Gasteiger partial charge in [0.1, 0.15) is 11.6 Å². The molecule has 1 amide bonds. The zero-order valence-corrected chi connectivity index (χ0v) is 9.77. The summed E-state index contributed by atoms with van der Waals surface area (Å²) >= 11 is 0. The van der Waals surface area contributed by atoms with Gasteiger partial charge in [-0.3, -0.25) is 4.79 Å². The van der Waals surface area contributed by atoms with Gasteiger partial charge in [-0.25, -0.2) is 4.39 Å². The van der Waals surface area contributed by atoms with Gasteiger partial charge in [0.2, 0.25) is 0 Å². The molecule has 0 saturated heterocycles. The van der Waals surface area contributed by atoms with E-state index < -0.39 is 11.7 Å². The minimum atomic E-state index is -0.440. The van der Waals surface area contributed by atoms with Gasteiger partial charge in [-0.15, -0.1) is 0 Å². The molecule has 3 nitrogen and oxygen atoms in total. The van der Waals surface area contributed by atoms with Gasteiger partial charge in [-0.2, -0.15) is 0 Å². The van der Waals surface area contributed by atoms with Crippen molar-refractivity contribution in [1.29, 1.82) is 0 Å². The molecule has 0 fully saturated rings. The molecular formula is C14H12FNO2. The molecule has 0 aliphatic carbocycles. The minimum absolute atomic E-state index is 0.0771. The predicted molar refractivity (Wildman–Crippen MR) is 67.2 cm³/mol. The second kappa shape index (κ2) is 4.87. The molecule has 0 spiro atoms. The smallest absolute Gasteiger partial charge is 0.255 e. The zero-order chi connectivity index (χ0) is 13.1. The van der Waals surface area contributed by atoms with Crippen molar-refractivity contribution >= 4 is 11.6 Å². The first-order valence-electron chi connectivity index (χ1n) is 5.43. The Balaban J connectivity index is 2.21. The number of nitrogens with one attached hydrogen (secondary N) is 1. The summed E-state index contributed by atoms with van der Waals surface area (Å²) in [5.41, 5.74) is 0.972. The lowest BCUT2D eigenvalue weighted by molar-refractivity contribution is 0.102. The number of carbonyl (C=O) groups excluding carboxylic acids is 1. The Bertz CT molecular complexity index is 579. The van der Waals surface area contributed by atoms with Gasteiger partial charge in [0.05, 0.1) is 5.69 Å². The van der Waals surface area contributed by atoms with E-state index in [9.17, 15) is 9.18 Å². The third-order valence-corrected chi connectivity index (χ3v) is 2.57. The Hall–Kier alpha value is -2.36. The van der Waals surface area contributed by atoms with Crippen LogP contribution >= 0.6 is 0 Å². The highest BCUT2D eigenvalue weighted by Gasteiger charge is 2.10. The third-order valence-electron chi connectivity index (χ3n) is 2.57. The maximum absolute atomic E-state index is 13.7. The van der Waals surface area contributed by atoms with E-state index in [1.54, 1.807) is 19.1 Å². The maximum Gasteiger partial charge on any atom is 0.255 e. The number of hydrogen-bond acceptors (Lipinski definition) is 2. The van der Waals surface area contributed by atoms with E-state index in [-0.39, 0.29) is 11.4 Å². The Labute approximate surface area is 104 Å². The molecule has 0 atom stereocenters. The molecule has 2 aromatic carbocycles. The van der Waals surface area contributed by atoms with Crippen molar-refractivity contribution in [1.82, 2.24) is 0 Å². The fraction of sp³-hybridized carbons (Fsp3) is 0.0714. The fourth-order valence-corrected chi connectivity index (χ4v) is 1.55. The van der Waals surface area contributed by atoms with Gasteiger partial charge < -0.3 is 10.4 Å². The van der Waals surface area contributed by atoms with Crippen molar-refractivity contribution < 1.29 is 14.3 Å². The summed E-state index contributed by atoms with van der Waals surface area (Å²) in [4.78, 5) is 11.8. The number of anilines is 1. The molecule has 4 heteroatoms. The first-order chi connectivity index (χ1) is 8.58.